The predicted molar refractivity (Wildman–Crippen MR) is 87.6 cm³/mol. The number of carbonyl (C=O) groups is 1. The van der Waals surface area contributed by atoms with Gasteiger partial charge in [-0.3, -0.25) is 9.78 Å². The van der Waals surface area contributed by atoms with Crippen LogP contribution in [0.15, 0.2) is 24.1 Å². The summed E-state index contributed by atoms with van der Waals surface area (Å²) in [6.45, 7) is 3.26. The molecule has 8 heteroatoms. The van der Waals surface area contributed by atoms with Gasteiger partial charge in [-0.15, -0.1) is 11.3 Å². The molecule has 0 aromatic carbocycles. The van der Waals surface area contributed by atoms with Crippen molar-refractivity contribution in [2.75, 3.05) is 24.5 Å². The first-order chi connectivity index (χ1) is 11.1. The third-order valence-corrected chi connectivity index (χ3v) is 4.89. The fraction of sp³-hybridized carbons (Fsp3) is 0.467. The number of carbonyl (C=O) groups excluding carboxylic acids is 1. The molecule has 1 saturated heterocycles. The van der Waals surface area contributed by atoms with E-state index in [9.17, 15) is 9.90 Å². The summed E-state index contributed by atoms with van der Waals surface area (Å²) in [4.78, 5) is 27.2. The number of anilines is 1. The van der Waals surface area contributed by atoms with Crippen LogP contribution in [-0.4, -0.2) is 51.2 Å². The van der Waals surface area contributed by atoms with Gasteiger partial charge in [-0.25, -0.2) is 9.97 Å². The van der Waals surface area contributed by atoms with Crippen molar-refractivity contribution in [3.05, 3.63) is 34.7 Å². The third kappa shape index (κ3) is 3.65. The number of aromatic nitrogens is 3. The van der Waals surface area contributed by atoms with E-state index in [1.54, 1.807) is 31.0 Å². The molecule has 2 aromatic heterocycles. The molecule has 0 spiro atoms. The van der Waals surface area contributed by atoms with E-state index in [0.29, 0.717) is 23.5 Å². The molecular formula is C15H19N5O2S. The Hall–Kier alpha value is -2.06. The number of thiazole rings is 1. The zero-order chi connectivity index (χ0) is 16.3. The van der Waals surface area contributed by atoms with Crippen LogP contribution in [0.5, 0.6) is 0 Å². The molecule has 0 aliphatic carbocycles. The number of hydrogen-bond acceptors (Lipinski definition) is 7. The Kier molecular flexibility index (Phi) is 4.53. The van der Waals surface area contributed by atoms with Gasteiger partial charge in [0.1, 0.15) is 10.7 Å². The number of piperidine rings is 1. The highest BCUT2D eigenvalue weighted by molar-refractivity contribution is 7.11. The second-order valence-corrected chi connectivity index (χ2v) is 6.62. The van der Waals surface area contributed by atoms with E-state index < -0.39 is 5.60 Å². The summed E-state index contributed by atoms with van der Waals surface area (Å²) in [5, 5.41) is 13.6. The Morgan fingerprint density at radius 2 is 2.35 bits per heavy atom. The summed E-state index contributed by atoms with van der Waals surface area (Å²) in [6.07, 6.45) is 6.42. The van der Waals surface area contributed by atoms with Gasteiger partial charge in [0.15, 0.2) is 0 Å². The standard InChI is InChI=1S/C15H19N5O2S/c1-11-13(23-10-19-11)14(21)18-8-15(22)3-2-6-20(9-15)12-7-16-4-5-17-12/h4-5,7,10,22H,2-3,6,8-9H2,1H3,(H,18,21). The lowest BCUT2D eigenvalue weighted by atomic mass is 9.92. The van der Waals surface area contributed by atoms with Gasteiger partial charge in [0.05, 0.1) is 23.0 Å². The van der Waals surface area contributed by atoms with E-state index in [1.165, 1.54) is 11.3 Å². The molecule has 0 saturated carbocycles. The summed E-state index contributed by atoms with van der Waals surface area (Å²) >= 11 is 1.31. The minimum absolute atomic E-state index is 0.185. The lowest BCUT2D eigenvalue weighted by molar-refractivity contribution is 0.0254. The fourth-order valence-electron chi connectivity index (χ4n) is 2.75. The summed E-state index contributed by atoms with van der Waals surface area (Å²) in [6, 6.07) is 0. The SMILES string of the molecule is Cc1ncsc1C(=O)NCC1(O)CCCN(c2cnccn2)C1. The Morgan fingerprint density at radius 1 is 1.48 bits per heavy atom. The zero-order valence-electron chi connectivity index (χ0n) is 12.9. The average molecular weight is 333 g/mol. The Morgan fingerprint density at radius 3 is 3.04 bits per heavy atom. The zero-order valence-corrected chi connectivity index (χ0v) is 13.7. The second kappa shape index (κ2) is 6.59. The van der Waals surface area contributed by atoms with Crippen molar-refractivity contribution < 1.29 is 9.90 Å². The topological polar surface area (TPSA) is 91.2 Å². The Bertz CT molecular complexity index is 678. The molecule has 3 heterocycles. The first-order valence-electron chi connectivity index (χ1n) is 7.49. The molecule has 0 radical (unpaired) electrons. The highest BCUT2D eigenvalue weighted by atomic mass is 32.1. The van der Waals surface area contributed by atoms with Crippen molar-refractivity contribution in [2.45, 2.75) is 25.4 Å². The van der Waals surface area contributed by atoms with Crippen molar-refractivity contribution in [2.24, 2.45) is 0 Å². The molecule has 23 heavy (non-hydrogen) atoms. The van der Waals surface area contributed by atoms with Crippen LogP contribution in [-0.2, 0) is 0 Å². The van der Waals surface area contributed by atoms with Crippen LogP contribution in [0.2, 0.25) is 0 Å². The van der Waals surface area contributed by atoms with Crippen molar-refractivity contribution >= 4 is 23.1 Å². The number of nitrogens with zero attached hydrogens (tertiary/aromatic N) is 4. The number of amides is 1. The quantitative estimate of drug-likeness (QED) is 0.867. The maximum Gasteiger partial charge on any atom is 0.263 e. The fourth-order valence-corrected chi connectivity index (χ4v) is 3.47. The van der Waals surface area contributed by atoms with Crippen molar-refractivity contribution in [3.8, 4) is 0 Å². The number of rotatable bonds is 4. The lowest BCUT2D eigenvalue weighted by Crippen LogP contribution is -2.54. The van der Waals surface area contributed by atoms with Gasteiger partial charge in [0, 0.05) is 32.0 Å². The van der Waals surface area contributed by atoms with Crippen LogP contribution < -0.4 is 10.2 Å². The highest BCUT2D eigenvalue weighted by Crippen LogP contribution is 2.24. The average Bonchev–Trinajstić information content (AvgIpc) is 3.00. The van der Waals surface area contributed by atoms with Crippen molar-refractivity contribution in [1.82, 2.24) is 20.3 Å². The van der Waals surface area contributed by atoms with Gasteiger partial charge in [0.25, 0.3) is 5.91 Å². The van der Waals surface area contributed by atoms with Crippen molar-refractivity contribution in [1.29, 1.82) is 0 Å². The molecule has 0 bridgehead atoms. The molecule has 2 aromatic rings. The van der Waals surface area contributed by atoms with E-state index in [-0.39, 0.29) is 12.5 Å². The van der Waals surface area contributed by atoms with Crippen molar-refractivity contribution in [3.63, 3.8) is 0 Å². The van der Waals surface area contributed by atoms with Gasteiger partial charge in [-0.05, 0) is 19.8 Å². The highest BCUT2D eigenvalue weighted by Gasteiger charge is 2.34. The first-order valence-corrected chi connectivity index (χ1v) is 8.37. The molecule has 3 rings (SSSR count). The number of hydrogen-bond donors (Lipinski definition) is 2. The summed E-state index contributed by atoms with van der Waals surface area (Å²) in [5.74, 6) is 0.560. The van der Waals surface area contributed by atoms with Crippen LogP contribution in [0, 0.1) is 6.92 Å². The molecule has 1 amide bonds. The summed E-state index contributed by atoms with van der Waals surface area (Å²) in [7, 11) is 0. The van der Waals surface area contributed by atoms with E-state index in [1.807, 2.05) is 4.90 Å². The monoisotopic (exact) mass is 333 g/mol. The molecular weight excluding hydrogens is 314 g/mol. The van der Waals surface area contributed by atoms with Gasteiger partial charge in [0.2, 0.25) is 0 Å². The normalized spacial score (nSPS) is 21.2. The Balaban J connectivity index is 1.62. The maximum atomic E-state index is 12.2. The summed E-state index contributed by atoms with van der Waals surface area (Å²) < 4.78 is 0. The van der Waals surface area contributed by atoms with Crippen LogP contribution in [0.25, 0.3) is 0 Å². The van der Waals surface area contributed by atoms with Crippen LogP contribution in [0.1, 0.15) is 28.2 Å². The maximum absolute atomic E-state index is 12.2. The van der Waals surface area contributed by atoms with E-state index in [0.717, 1.165) is 18.8 Å². The molecule has 122 valence electrons. The van der Waals surface area contributed by atoms with Gasteiger partial charge < -0.3 is 15.3 Å². The molecule has 1 unspecified atom stereocenters. The summed E-state index contributed by atoms with van der Waals surface area (Å²) in [5.41, 5.74) is 1.39. The number of nitrogens with one attached hydrogen (secondary N) is 1. The minimum atomic E-state index is -0.968. The van der Waals surface area contributed by atoms with Gasteiger partial charge in [-0.1, -0.05) is 0 Å². The largest absolute Gasteiger partial charge is 0.386 e. The second-order valence-electron chi connectivity index (χ2n) is 5.76. The molecule has 2 N–H and O–H groups in total. The lowest BCUT2D eigenvalue weighted by Gasteiger charge is -2.39. The minimum Gasteiger partial charge on any atom is -0.386 e. The first kappa shape index (κ1) is 15.8. The van der Waals surface area contributed by atoms with Gasteiger partial charge in [-0.2, -0.15) is 0 Å². The number of aryl methyl sites for hydroxylation is 1. The van der Waals surface area contributed by atoms with Gasteiger partial charge >= 0.3 is 0 Å². The number of β-amino-alcohol motifs (C(OH)–C–C–N with tert-alkyl or cyclic N) is 1. The van der Waals surface area contributed by atoms with Crippen LogP contribution in [0.4, 0.5) is 5.82 Å². The van der Waals surface area contributed by atoms with Crippen LogP contribution >= 0.6 is 11.3 Å². The molecule has 1 aliphatic heterocycles. The number of aliphatic hydroxyl groups is 1. The van der Waals surface area contributed by atoms with E-state index in [4.69, 9.17) is 0 Å². The van der Waals surface area contributed by atoms with E-state index in [2.05, 4.69) is 20.3 Å². The Labute approximate surface area is 138 Å². The molecule has 1 aliphatic rings. The molecule has 1 fully saturated rings. The predicted octanol–water partition coefficient (Wildman–Crippen LogP) is 1.00. The van der Waals surface area contributed by atoms with Crippen LogP contribution in [0.3, 0.4) is 0 Å². The third-order valence-electron chi connectivity index (χ3n) is 3.96. The molecule has 7 nitrogen and oxygen atoms in total. The smallest absolute Gasteiger partial charge is 0.263 e. The van der Waals surface area contributed by atoms with E-state index >= 15 is 0 Å². The molecule has 1 atom stereocenters.